The number of hydrogen-bond acceptors (Lipinski definition) is 1. The number of rotatable bonds is 3. The predicted molar refractivity (Wildman–Crippen MR) is 31.2 cm³/mol. The van der Waals surface area contributed by atoms with E-state index in [4.69, 9.17) is 5.11 Å². The van der Waals surface area contributed by atoms with Crippen LogP contribution in [0.15, 0.2) is 0 Å². The van der Waals surface area contributed by atoms with E-state index in [2.05, 4.69) is 13.8 Å². The van der Waals surface area contributed by atoms with Crippen molar-refractivity contribution in [1.82, 2.24) is 0 Å². The monoisotopic (exact) mass is 191 g/mol. The van der Waals surface area contributed by atoms with E-state index in [0.29, 0.717) is 12.5 Å². The molecule has 1 N–H and O–H groups in total. The average molecular weight is 191 g/mol. The van der Waals surface area contributed by atoms with Crippen molar-refractivity contribution in [3.05, 3.63) is 0 Å². The smallest absolute Gasteiger partial charge is 0.0459 e. The van der Waals surface area contributed by atoms with Gasteiger partial charge in [-0.3, -0.25) is 0 Å². The van der Waals surface area contributed by atoms with Gasteiger partial charge in [0.25, 0.3) is 0 Å². The van der Waals surface area contributed by atoms with Crippen LogP contribution >= 0.6 is 0 Å². The van der Waals surface area contributed by atoms with Crippen LogP contribution in [0.25, 0.3) is 0 Å². The fourth-order valence-electron chi connectivity index (χ4n) is 0.547. The number of hydrogen-bond donors (Lipinski definition) is 1. The van der Waals surface area contributed by atoms with Crippen LogP contribution in [0.5, 0.6) is 0 Å². The molecule has 0 aromatic heterocycles. The summed E-state index contributed by atoms with van der Waals surface area (Å²) in [7, 11) is 0. The SMILES string of the molecule is CCC(CC)CO.[Y]. The van der Waals surface area contributed by atoms with Crippen molar-refractivity contribution in [3.8, 4) is 0 Å². The Labute approximate surface area is 76.7 Å². The van der Waals surface area contributed by atoms with E-state index in [1.54, 1.807) is 0 Å². The second kappa shape index (κ2) is 8.06. The van der Waals surface area contributed by atoms with Gasteiger partial charge in [-0.1, -0.05) is 26.7 Å². The van der Waals surface area contributed by atoms with Crippen LogP contribution in [-0.4, -0.2) is 11.7 Å². The molecule has 0 aliphatic heterocycles. The molecule has 0 aliphatic carbocycles. The normalized spacial score (nSPS) is 9.00. The summed E-state index contributed by atoms with van der Waals surface area (Å²) in [5.41, 5.74) is 0. The van der Waals surface area contributed by atoms with Gasteiger partial charge in [0.1, 0.15) is 0 Å². The van der Waals surface area contributed by atoms with E-state index < -0.39 is 0 Å². The van der Waals surface area contributed by atoms with E-state index in [-0.39, 0.29) is 32.7 Å². The van der Waals surface area contributed by atoms with Gasteiger partial charge in [0.2, 0.25) is 0 Å². The maximum atomic E-state index is 8.53. The van der Waals surface area contributed by atoms with Gasteiger partial charge in [-0.05, 0) is 5.92 Å². The molecular formula is C6H14OY. The number of aliphatic hydroxyl groups is 1. The van der Waals surface area contributed by atoms with Crippen LogP contribution < -0.4 is 0 Å². The Balaban J connectivity index is 0. The molecule has 8 heavy (non-hydrogen) atoms. The first-order valence-corrected chi connectivity index (χ1v) is 2.96. The van der Waals surface area contributed by atoms with Crippen LogP contribution in [0.2, 0.25) is 0 Å². The molecule has 0 aromatic rings. The topological polar surface area (TPSA) is 20.2 Å². The van der Waals surface area contributed by atoms with Gasteiger partial charge >= 0.3 is 0 Å². The largest absolute Gasteiger partial charge is 0.396 e. The quantitative estimate of drug-likeness (QED) is 0.715. The molecule has 47 valence electrons. The van der Waals surface area contributed by atoms with Gasteiger partial charge in [0, 0.05) is 39.3 Å². The first-order chi connectivity index (χ1) is 3.35. The Morgan fingerprint density at radius 2 is 1.62 bits per heavy atom. The van der Waals surface area contributed by atoms with Crippen LogP contribution in [0, 0.1) is 5.92 Å². The third-order valence-electron chi connectivity index (χ3n) is 1.41. The molecular weight excluding hydrogens is 177 g/mol. The van der Waals surface area contributed by atoms with Crippen molar-refractivity contribution in [3.63, 3.8) is 0 Å². The molecule has 0 spiro atoms. The molecule has 0 rings (SSSR count). The van der Waals surface area contributed by atoms with Gasteiger partial charge in [-0.2, -0.15) is 0 Å². The standard InChI is InChI=1S/C6H14O.Y/c1-3-6(4-2)5-7;/h6-7H,3-5H2,1-2H3;. The molecule has 0 saturated carbocycles. The van der Waals surface area contributed by atoms with E-state index in [0.717, 1.165) is 12.8 Å². The Kier molecular flexibility index (Phi) is 11.9. The van der Waals surface area contributed by atoms with Crippen molar-refractivity contribution >= 4 is 0 Å². The summed E-state index contributed by atoms with van der Waals surface area (Å²) in [6.45, 7) is 4.56. The fourth-order valence-corrected chi connectivity index (χ4v) is 0.547. The van der Waals surface area contributed by atoms with Crippen molar-refractivity contribution in [2.45, 2.75) is 26.7 Å². The van der Waals surface area contributed by atoms with E-state index >= 15 is 0 Å². The molecule has 1 nitrogen and oxygen atoms in total. The molecule has 0 saturated heterocycles. The molecule has 1 radical (unpaired) electrons. The molecule has 0 unspecified atom stereocenters. The summed E-state index contributed by atoms with van der Waals surface area (Å²) in [6.07, 6.45) is 2.21. The molecule has 0 aromatic carbocycles. The van der Waals surface area contributed by atoms with Gasteiger partial charge in [-0.15, -0.1) is 0 Å². The second-order valence-electron chi connectivity index (χ2n) is 1.87. The van der Waals surface area contributed by atoms with E-state index in [1.807, 2.05) is 0 Å². The molecule has 0 bridgehead atoms. The van der Waals surface area contributed by atoms with Crippen molar-refractivity contribution in [2.24, 2.45) is 5.92 Å². The van der Waals surface area contributed by atoms with Gasteiger partial charge in [0.15, 0.2) is 0 Å². The minimum absolute atomic E-state index is 0. The zero-order valence-electron chi connectivity index (χ0n) is 5.72. The minimum Gasteiger partial charge on any atom is -0.396 e. The zero-order chi connectivity index (χ0) is 5.70. The summed E-state index contributed by atoms with van der Waals surface area (Å²) >= 11 is 0. The average Bonchev–Trinajstić information content (AvgIpc) is 1.72. The molecule has 0 aliphatic rings. The summed E-state index contributed by atoms with van der Waals surface area (Å²) < 4.78 is 0. The third kappa shape index (κ3) is 5.21. The first-order valence-electron chi connectivity index (χ1n) is 2.96. The molecule has 0 fully saturated rings. The van der Waals surface area contributed by atoms with Gasteiger partial charge in [-0.25, -0.2) is 0 Å². The van der Waals surface area contributed by atoms with Gasteiger partial charge < -0.3 is 5.11 Å². The van der Waals surface area contributed by atoms with E-state index in [9.17, 15) is 0 Å². The maximum Gasteiger partial charge on any atom is 0.0459 e. The van der Waals surface area contributed by atoms with Gasteiger partial charge in [0.05, 0.1) is 0 Å². The third-order valence-corrected chi connectivity index (χ3v) is 1.41. The minimum atomic E-state index is 0. The Bertz CT molecular complexity index is 30.0. The van der Waals surface area contributed by atoms with Crippen LogP contribution in [0.1, 0.15) is 26.7 Å². The van der Waals surface area contributed by atoms with Crippen molar-refractivity contribution in [2.75, 3.05) is 6.61 Å². The molecule has 2 heteroatoms. The van der Waals surface area contributed by atoms with Crippen molar-refractivity contribution in [1.29, 1.82) is 0 Å². The zero-order valence-corrected chi connectivity index (χ0v) is 8.56. The number of aliphatic hydroxyl groups excluding tert-OH is 1. The van der Waals surface area contributed by atoms with E-state index in [1.165, 1.54) is 0 Å². The Morgan fingerprint density at radius 1 is 1.25 bits per heavy atom. The van der Waals surface area contributed by atoms with Crippen LogP contribution in [0.4, 0.5) is 0 Å². The summed E-state index contributed by atoms with van der Waals surface area (Å²) in [4.78, 5) is 0. The molecule has 0 amide bonds. The summed E-state index contributed by atoms with van der Waals surface area (Å²) in [5.74, 6) is 0.542. The van der Waals surface area contributed by atoms with Crippen LogP contribution in [0.3, 0.4) is 0 Å². The molecule has 0 heterocycles. The van der Waals surface area contributed by atoms with Crippen molar-refractivity contribution < 1.29 is 37.8 Å². The Hall–Kier alpha value is 1.06. The predicted octanol–water partition coefficient (Wildman–Crippen LogP) is 1.41. The maximum absolute atomic E-state index is 8.53. The van der Waals surface area contributed by atoms with Crippen LogP contribution in [-0.2, 0) is 32.7 Å². The second-order valence-corrected chi connectivity index (χ2v) is 1.87. The molecule has 0 atom stereocenters. The first kappa shape index (κ1) is 11.8. The fraction of sp³-hybridized carbons (Fsp3) is 1.00. The summed E-state index contributed by atoms with van der Waals surface area (Å²) in [6, 6.07) is 0. The Morgan fingerprint density at radius 3 is 1.62 bits per heavy atom. The summed E-state index contributed by atoms with van der Waals surface area (Å²) in [5, 5.41) is 8.53.